The summed E-state index contributed by atoms with van der Waals surface area (Å²) in [6.45, 7) is 0. The zero-order valence-corrected chi connectivity index (χ0v) is 10.3. The molecule has 0 unspecified atom stereocenters. The van der Waals surface area contributed by atoms with Crippen molar-refractivity contribution in [3.05, 3.63) is 18.2 Å². The van der Waals surface area contributed by atoms with Gasteiger partial charge in [-0.2, -0.15) is 0 Å². The van der Waals surface area contributed by atoms with Crippen LogP contribution in [-0.2, 0) is 0 Å². The quantitative estimate of drug-likeness (QED) is 0.508. The largest absolute Gasteiger partial charge is 0.333 e. The van der Waals surface area contributed by atoms with Gasteiger partial charge >= 0.3 is 0 Å². The maximum absolute atomic E-state index is 9.13. The van der Waals surface area contributed by atoms with E-state index in [0.29, 0.717) is 21.9 Å². The maximum atomic E-state index is 9.13. The minimum atomic E-state index is -3.69. The van der Waals surface area contributed by atoms with Crippen molar-refractivity contribution in [2.75, 3.05) is 5.75 Å². The first-order valence-corrected chi connectivity index (χ1v) is 7.06. The number of nitrogens with one attached hydrogen (secondary N) is 1. The van der Waals surface area contributed by atoms with E-state index < -0.39 is 10.9 Å². The number of nitrogens with zero attached hydrogens (tertiary/aromatic N) is 1. The predicted octanol–water partition coefficient (Wildman–Crippen LogP) is 2.87. The molecule has 0 bridgehead atoms. The van der Waals surface area contributed by atoms with E-state index in [9.17, 15) is 0 Å². The van der Waals surface area contributed by atoms with Crippen molar-refractivity contribution in [3.63, 3.8) is 0 Å². The molecule has 0 aliphatic heterocycles. The molecule has 0 aliphatic rings. The number of H-pyrrole nitrogens is 1. The van der Waals surface area contributed by atoms with Crippen LogP contribution in [0.5, 0.6) is 0 Å². The number of fused-ring (bicyclic) bond motifs is 1. The van der Waals surface area contributed by atoms with Gasteiger partial charge in [0.25, 0.3) is 0 Å². The summed E-state index contributed by atoms with van der Waals surface area (Å²) in [7, 11) is -3.69. The van der Waals surface area contributed by atoms with Crippen LogP contribution in [0.1, 0.15) is 0 Å². The number of rotatable bonds is 3. The number of thioether (sulfide) groups is 1. The highest BCUT2D eigenvalue weighted by molar-refractivity contribution is 8.19. The van der Waals surface area contributed by atoms with Crippen molar-refractivity contribution >= 4 is 33.7 Å². The molecule has 0 atom stereocenters. The van der Waals surface area contributed by atoms with Gasteiger partial charge in [-0.25, -0.2) is 4.98 Å². The molecule has 2 rings (SSSR count). The van der Waals surface area contributed by atoms with Crippen molar-refractivity contribution in [2.24, 2.45) is 0 Å². The summed E-state index contributed by atoms with van der Waals surface area (Å²) in [6, 6.07) is 4.48. The summed E-state index contributed by atoms with van der Waals surface area (Å²) < 4.78 is 27.4. The van der Waals surface area contributed by atoms with Gasteiger partial charge in [0.15, 0.2) is 5.16 Å². The molecule has 1 heterocycles. The number of hydrogen-bond acceptors (Lipinski definition) is 5. The second kappa shape index (κ2) is 4.60. The number of imidazole rings is 1. The SMILES string of the molecule is C#CCSc1nc2ccc(S(O)(O)O)cc2[nH]1. The normalized spacial score (nSPS) is 12.6. The van der Waals surface area contributed by atoms with E-state index >= 15 is 0 Å². The smallest absolute Gasteiger partial charge is 0.167 e. The molecule has 0 amide bonds. The first kappa shape index (κ1) is 12.3. The van der Waals surface area contributed by atoms with Gasteiger partial charge in [-0.1, -0.05) is 17.7 Å². The summed E-state index contributed by atoms with van der Waals surface area (Å²) in [5, 5.41) is 0.657. The Morgan fingerprint density at radius 1 is 1.41 bits per heavy atom. The molecule has 90 valence electrons. The van der Waals surface area contributed by atoms with E-state index in [1.165, 1.54) is 23.9 Å². The second-order valence-corrected chi connectivity index (χ2v) is 5.71. The molecule has 7 heteroatoms. The molecule has 0 spiro atoms. The lowest BCUT2D eigenvalue weighted by Gasteiger charge is -2.18. The molecule has 5 nitrogen and oxygen atoms in total. The number of aromatic nitrogens is 2. The first-order valence-electron chi connectivity index (χ1n) is 4.57. The highest BCUT2D eigenvalue weighted by Crippen LogP contribution is 2.44. The van der Waals surface area contributed by atoms with E-state index in [1.807, 2.05) is 0 Å². The van der Waals surface area contributed by atoms with Gasteiger partial charge < -0.3 is 18.6 Å². The average Bonchev–Trinajstić information content (AvgIpc) is 2.66. The van der Waals surface area contributed by atoms with Crippen LogP contribution in [0.3, 0.4) is 0 Å². The molecule has 17 heavy (non-hydrogen) atoms. The fraction of sp³-hybridized carbons (Fsp3) is 0.100. The Labute approximate surface area is 104 Å². The zero-order chi connectivity index (χ0) is 12.5. The summed E-state index contributed by atoms with van der Waals surface area (Å²) in [5.41, 5.74) is 1.30. The summed E-state index contributed by atoms with van der Waals surface area (Å²) >= 11 is 1.38. The fourth-order valence-electron chi connectivity index (χ4n) is 1.31. The van der Waals surface area contributed by atoms with Gasteiger partial charge in [-0.05, 0) is 18.2 Å². The van der Waals surface area contributed by atoms with Crippen molar-refractivity contribution in [1.82, 2.24) is 9.97 Å². The zero-order valence-electron chi connectivity index (χ0n) is 8.62. The molecule has 1 aromatic carbocycles. The fourth-order valence-corrected chi connectivity index (χ4v) is 2.41. The van der Waals surface area contributed by atoms with Crippen molar-refractivity contribution in [1.29, 1.82) is 0 Å². The number of benzene rings is 1. The monoisotopic (exact) mass is 270 g/mol. The van der Waals surface area contributed by atoms with Crippen molar-refractivity contribution in [2.45, 2.75) is 10.1 Å². The molecule has 2 aromatic rings. The van der Waals surface area contributed by atoms with Gasteiger partial charge in [0.1, 0.15) is 10.9 Å². The van der Waals surface area contributed by atoms with Crippen LogP contribution in [0, 0.1) is 12.3 Å². The number of aromatic amines is 1. The molecular weight excluding hydrogens is 260 g/mol. The number of terminal acetylenes is 1. The van der Waals surface area contributed by atoms with E-state index in [0.717, 1.165) is 0 Å². The van der Waals surface area contributed by atoms with E-state index in [2.05, 4.69) is 15.9 Å². The Kier molecular flexibility index (Phi) is 3.33. The molecule has 0 radical (unpaired) electrons. The molecule has 0 fully saturated rings. The van der Waals surface area contributed by atoms with E-state index in [-0.39, 0.29) is 4.90 Å². The highest BCUT2D eigenvalue weighted by atomic mass is 32.3. The van der Waals surface area contributed by atoms with Crippen LogP contribution < -0.4 is 0 Å². The van der Waals surface area contributed by atoms with Crippen molar-refractivity contribution < 1.29 is 13.7 Å². The summed E-state index contributed by atoms with van der Waals surface area (Å²) in [5.74, 6) is 2.99. The topological polar surface area (TPSA) is 89.4 Å². The second-order valence-electron chi connectivity index (χ2n) is 3.23. The van der Waals surface area contributed by atoms with E-state index in [4.69, 9.17) is 20.1 Å². The van der Waals surface area contributed by atoms with Crippen LogP contribution in [0.4, 0.5) is 0 Å². The lowest BCUT2D eigenvalue weighted by Crippen LogP contribution is -1.94. The molecule has 1 aromatic heterocycles. The van der Waals surface area contributed by atoms with E-state index in [1.54, 1.807) is 6.07 Å². The van der Waals surface area contributed by atoms with Crippen LogP contribution >= 0.6 is 22.6 Å². The first-order chi connectivity index (χ1) is 8.00. The van der Waals surface area contributed by atoms with Crippen LogP contribution in [0.2, 0.25) is 0 Å². The minimum absolute atomic E-state index is 0.0575. The Balaban J connectivity index is 2.38. The maximum Gasteiger partial charge on any atom is 0.167 e. The summed E-state index contributed by atoms with van der Waals surface area (Å²) in [4.78, 5) is 7.29. The summed E-state index contributed by atoms with van der Waals surface area (Å²) in [6.07, 6.45) is 5.14. The highest BCUT2D eigenvalue weighted by Gasteiger charge is 2.16. The third-order valence-corrected chi connectivity index (χ3v) is 3.70. The average molecular weight is 270 g/mol. The predicted molar refractivity (Wildman–Crippen MR) is 69.4 cm³/mol. The molecular formula is C10H10N2O3S2. The minimum Gasteiger partial charge on any atom is -0.333 e. The van der Waals surface area contributed by atoms with Crippen molar-refractivity contribution in [3.8, 4) is 12.3 Å². The Bertz CT molecular complexity index is 583. The van der Waals surface area contributed by atoms with Crippen LogP contribution in [-0.4, -0.2) is 29.4 Å². The Hall–Kier alpha value is -1.17. The van der Waals surface area contributed by atoms with Crippen LogP contribution in [0.15, 0.2) is 28.3 Å². The van der Waals surface area contributed by atoms with Gasteiger partial charge in [0, 0.05) is 0 Å². The molecule has 0 aliphatic carbocycles. The number of hydrogen-bond donors (Lipinski definition) is 4. The molecule has 4 N–H and O–H groups in total. The van der Waals surface area contributed by atoms with Crippen LogP contribution in [0.25, 0.3) is 11.0 Å². The molecule has 0 saturated heterocycles. The standard InChI is InChI=1S/C10H10N2O3S2/c1-2-5-16-10-11-8-4-3-7(17(13,14)15)6-9(8)12-10/h1,3-4,6,13-15H,5H2,(H,11,12). The van der Waals surface area contributed by atoms with Gasteiger partial charge in [-0.3, -0.25) is 0 Å². The Morgan fingerprint density at radius 3 is 2.82 bits per heavy atom. The lowest BCUT2D eigenvalue weighted by atomic mass is 10.3. The Morgan fingerprint density at radius 2 is 2.18 bits per heavy atom. The third-order valence-electron chi connectivity index (χ3n) is 2.04. The molecule has 0 saturated carbocycles. The lowest BCUT2D eigenvalue weighted by molar-refractivity contribution is 0.376. The van der Waals surface area contributed by atoms with Gasteiger partial charge in [-0.15, -0.1) is 6.42 Å². The van der Waals surface area contributed by atoms with Gasteiger partial charge in [0.2, 0.25) is 0 Å². The third kappa shape index (κ3) is 2.74. The van der Waals surface area contributed by atoms with Gasteiger partial charge in [0.05, 0.1) is 21.7 Å².